The molecule has 4 heteroatoms. The van der Waals surface area contributed by atoms with Gasteiger partial charge in [-0.3, -0.25) is 4.79 Å². The van der Waals surface area contributed by atoms with Gasteiger partial charge in [0.05, 0.1) is 6.10 Å². The van der Waals surface area contributed by atoms with Gasteiger partial charge in [-0.2, -0.15) is 0 Å². The molecule has 1 saturated heterocycles. The van der Waals surface area contributed by atoms with Crippen molar-refractivity contribution in [2.75, 3.05) is 18.4 Å². The zero-order valence-corrected chi connectivity index (χ0v) is 11.9. The van der Waals surface area contributed by atoms with Crippen molar-refractivity contribution in [3.63, 3.8) is 0 Å². The van der Waals surface area contributed by atoms with Gasteiger partial charge in [-0.25, -0.2) is 0 Å². The number of fused-ring (bicyclic) bond motifs is 1. The largest absolute Gasteiger partial charge is 0.391 e. The fourth-order valence-electron chi connectivity index (χ4n) is 3.09. The molecular weight excluding hydrogens is 252 g/mol. The summed E-state index contributed by atoms with van der Waals surface area (Å²) in [5, 5.41) is 13.3. The Labute approximate surface area is 119 Å². The molecule has 3 atom stereocenters. The van der Waals surface area contributed by atoms with Crippen LogP contribution in [0.25, 0.3) is 0 Å². The van der Waals surface area contributed by atoms with Gasteiger partial charge < -0.3 is 15.3 Å². The van der Waals surface area contributed by atoms with Gasteiger partial charge in [0.15, 0.2) is 0 Å². The number of hydrogen-bond donors (Lipinski definition) is 2. The van der Waals surface area contributed by atoms with Crippen molar-refractivity contribution in [1.29, 1.82) is 0 Å². The molecule has 0 aromatic heterocycles. The third-order valence-electron chi connectivity index (χ3n) is 4.58. The van der Waals surface area contributed by atoms with Crippen molar-refractivity contribution >= 4 is 11.6 Å². The molecule has 0 aliphatic carbocycles. The van der Waals surface area contributed by atoms with E-state index in [9.17, 15) is 9.90 Å². The van der Waals surface area contributed by atoms with E-state index in [1.54, 1.807) is 0 Å². The molecule has 1 fully saturated rings. The van der Waals surface area contributed by atoms with E-state index in [4.69, 9.17) is 0 Å². The fraction of sp³-hybridized carbons (Fsp3) is 0.562. The fourth-order valence-corrected chi connectivity index (χ4v) is 3.09. The second-order valence-electron chi connectivity index (χ2n) is 6.01. The zero-order valence-electron chi connectivity index (χ0n) is 11.9. The van der Waals surface area contributed by atoms with E-state index >= 15 is 0 Å². The zero-order chi connectivity index (χ0) is 14.1. The molecule has 4 nitrogen and oxygen atoms in total. The normalized spacial score (nSPS) is 29.5. The Morgan fingerprint density at radius 1 is 1.35 bits per heavy atom. The van der Waals surface area contributed by atoms with Gasteiger partial charge in [-0.1, -0.05) is 25.1 Å². The number of β-amino-alcohol motifs (C(OH)–C–C–N with tert-alkyl or cyclic N) is 1. The van der Waals surface area contributed by atoms with Crippen LogP contribution in [0.2, 0.25) is 0 Å². The molecule has 2 N–H and O–H groups in total. The molecule has 0 radical (unpaired) electrons. The van der Waals surface area contributed by atoms with Gasteiger partial charge in [0.1, 0.15) is 6.04 Å². The van der Waals surface area contributed by atoms with E-state index in [0.717, 1.165) is 31.5 Å². The second kappa shape index (κ2) is 5.44. The lowest BCUT2D eigenvalue weighted by atomic mass is 9.93. The number of likely N-dealkylation sites (tertiary alicyclic amines) is 1. The Bertz CT molecular complexity index is 503. The van der Waals surface area contributed by atoms with Crippen LogP contribution in [0.3, 0.4) is 0 Å². The van der Waals surface area contributed by atoms with Crippen LogP contribution in [-0.2, 0) is 11.2 Å². The summed E-state index contributed by atoms with van der Waals surface area (Å²) in [5.74, 6) is 0.421. The topological polar surface area (TPSA) is 52.6 Å². The summed E-state index contributed by atoms with van der Waals surface area (Å²) >= 11 is 0. The third-order valence-corrected chi connectivity index (χ3v) is 4.58. The van der Waals surface area contributed by atoms with Crippen LogP contribution in [-0.4, -0.2) is 41.1 Å². The molecule has 0 bridgehead atoms. The van der Waals surface area contributed by atoms with Crippen LogP contribution >= 0.6 is 0 Å². The lowest BCUT2D eigenvalue weighted by Crippen LogP contribution is -2.51. The van der Waals surface area contributed by atoms with Crippen molar-refractivity contribution in [3.8, 4) is 0 Å². The summed E-state index contributed by atoms with van der Waals surface area (Å²) in [6.45, 7) is 3.28. The molecule has 108 valence electrons. The van der Waals surface area contributed by atoms with Gasteiger partial charge in [-0.05, 0) is 36.8 Å². The number of aryl methyl sites for hydroxylation is 1. The number of aliphatic hydroxyl groups excluding tert-OH is 1. The Morgan fingerprint density at radius 3 is 2.95 bits per heavy atom. The minimum Gasteiger partial charge on any atom is -0.391 e. The lowest BCUT2D eigenvalue weighted by Gasteiger charge is -2.37. The summed E-state index contributed by atoms with van der Waals surface area (Å²) < 4.78 is 0. The molecule has 1 aromatic carbocycles. The predicted octanol–water partition coefficient (Wildman–Crippen LogP) is 1.64. The summed E-state index contributed by atoms with van der Waals surface area (Å²) in [6.07, 6.45) is 2.27. The smallest absolute Gasteiger partial charge is 0.245 e. The van der Waals surface area contributed by atoms with Crippen LogP contribution in [0.1, 0.15) is 25.3 Å². The molecule has 3 unspecified atom stereocenters. The quantitative estimate of drug-likeness (QED) is 0.818. The first-order valence-corrected chi connectivity index (χ1v) is 7.46. The Morgan fingerprint density at radius 2 is 2.15 bits per heavy atom. The second-order valence-corrected chi connectivity index (χ2v) is 6.01. The maximum Gasteiger partial charge on any atom is 0.245 e. The van der Waals surface area contributed by atoms with Gasteiger partial charge >= 0.3 is 0 Å². The summed E-state index contributed by atoms with van der Waals surface area (Å²) in [5.41, 5.74) is 2.35. The molecule has 0 saturated carbocycles. The summed E-state index contributed by atoms with van der Waals surface area (Å²) in [7, 11) is 0. The highest BCUT2D eigenvalue weighted by Crippen LogP contribution is 2.26. The van der Waals surface area contributed by atoms with E-state index in [2.05, 4.69) is 11.4 Å². The molecule has 1 amide bonds. The van der Waals surface area contributed by atoms with E-state index < -0.39 is 0 Å². The van der Waals surface area contributed by atoms with E-state index in [-0.39, 0.29) is 18.1 Å². The maximum absolute atomic E-state index is 12.6. The van der Waals surface area contributed by atoms with Crippen molar-refractivity contribution in [3.05, 3.63) is 29.8 Å². The number of nitrogens with one attached hydrogen (secondary N) is 1. The highest BCUT2D eigenvalue weighted by atomic mass is 16.3. The molecule has 2 aliphatic rings. The lowest BCUT2D eigenvalue weighted by molar-refractivity contribution is -0.136. The first kappa shape index (κ1) is 13.4. The Hall–Kier alpha value is -1.55. The average molecular weight is 274 g/mol. The predicted molar refractivity (Wildman–Crippen MR) is 78.5 cm³/mol. The standard InChI is InChI=1S/C16H22N2O2/c1-11-8-9-18(10-15(11)19)16(20)14-7-6-12-4-2-3-5-13(12)17-14/h2-5,11,14-15,17,19H,6-10H2,1H3. The highest BCUT2D eigenvalue weighted by molar-refractivity contribution is 5.85. The van der Waals surface area contributed by atoms with Crippen molar-refractivity contribution in [1.82, 2.24) is 4.90 Å². The number of nitrogens with zero attached hydrogens (tertiary/aromatic N) is 1. The monoisotopic (exact) mass is 274 g/mol. The van der Waals surface area contributed by atoms with Crippen molar-refractivity contribution in [2.24, 2.45) is 5.92 Å². The van der Waals surface area contributed by atoms with Crippen LogP contribution in [0.4, 0.5) is 5.69 Å². The molecule has 2 heterocycles. The molecule has 3 rings (SSSR count). The number of rotatable bonds is 1. The first-order valence-electron chi connectivity index (χ1n) is 7.46. The molecule has 0 spiro atoms. The van der Waals surface area contributed by atoms with E-state index in [1.807, 2.05) is 30.0 Å². The van der Waals surface area contributed by atoms with Crippen LogP contribution in [0, 0.1) is 5.92 Å². The average Bonchev–Trinajstić information content (AvgIpc) is 2.49. The van der Waals surface area contributed by atoms with Crippen molar-refractivity contribution < 1.29 is 9.90 Å². The molecule has 20 heavy (non-hydrogen) atoms. The van der Waals surface area contributed by atoms with E-state index in [0.29, 0.717) is 12.5 Å². The van der Waals surface area contributed by atoms with E-state index in [1.165, 1.54) is 5.56 Å². The number of hydrogen-bond acceptors (Lipinski definition) is 3. The SMILES string of the molecule is CC1CCN(C(=O)C2CCc3ccccc3N2)CC1O. The maximum atomic E-state index is 12.6. The molecule has 2 aliphatic heterocycles. The summed E-state index contributed by atoms with van der Waals surface area (Å²) in [6, 6.07) is 8.01. The Balaban J connectivity index is 1.67. The number of piperidine rings is 1. The number of aliphatic hydroxyl groups is 1. The van der Waals surface area contributed by atoms with Gasteiger partial charge in [0.2, 0.25) is 5.91 Å². The Kier molecular flexibility index (Phi) is 3.66. The number of para-hydroxylation sites is 1. The van der Waals surface area contributed by atoms with Gasteiger partial charge in [0, 0.05) is 18.8 Å². The number of benzene rings is 1. The number of carbonyl (C=O) groups is 1. The van der Waals surface area contributed by atoms with Gasteiger partial charge in [-0.15, -0.1) is 0 Å². The van der Waals surface area contributed by atoms with Crippen LogP contribution < -0.4 is 5.32 Å². The number of anilines is 1. The number of amides is 1. The molecule has 1 aromatic rings. The van der Waals surface area contributed by atoms with Gasteiger partial charge in [0.25, 0.3) is 0 Å². The highest BCUT2D eigenvalue weighted by Gasteiger charge is 2.32. The molecular formula is C16H22N2O2. The minimum absolute atomic E-state index is 0.130. The minimum atomic E-state index is -0.386. The van der Waals surface area contributed by atoms with Crippen molar-refractivity contribution in [2.45, 2.75) is 38.3 Å². The number of carbonyl (C=O) groups excluding carboxylic acids is 1. The first-order chi connectivity index (χ1) is 9.65. The van der Waals surface area contributed by atoms with Crippen LogP contribution in [0.5, 0.6) is 0 Å². The summed E-state index contributed by atoms with van der Waals surface area (Å²) in [4.78, 5) is 14.4. The van der Waals surface area contributed by atoms with Crippen LogP contribution in [0.15, 0.2) is 24.3 Å². The third kappa shape index (κ3) is 2.52.